The van der Waals surface area contributed by atoms with Crippen molar-refractivity contribution in [2.75, 3.05) is 27.4 Å². The molecule has 0 radical (unpaired) electrons. The summed E-state index contributed by atoms with van der Waals surface area (Å²) in [7, 11) is 3.10. The number of hydrogen-bond donors (Lipinski definition) is 1. The van der Waals surface area contributed by atoms with Crippen LogP contribution in [-0.2, 0) is 0 Å². The fourth-order valence-electron chi connectivity index (χ4n) is 3.06. The summed E-state index contributed by atoms with van der Waals surface area (Å²) < 4.78 is 17.8. The lowest BCUT2D eigenvalue weighted by Gasteiger charge is -2.10. The van der Waals surface area contributed by atoms with E-state index in [1.54, 1.807) is 42.0 Å². The SMILES string of the molecule is COc1cccc(-c2nnc3ccc(OCCNC(=O)c4cc(Cl)ccc4OC)nn23)c1. The van der Waals surface area contributed by atoms with Crippen LogP contribution >= 0.6 is 11.6 Å². The molecule has 0 aliphatic heterocycles. The Labute approximate surface area is 188 Å². The third-order valence-electron chi connectivity index (χ3n) is 4.61. The van der Waals surface area contributed by atoms with Crippen LogP contribution in [0, 0.1) is 0 Å². The van der Waals surface area contributed by atoms with Crippen LogP contribution < -0.4 is 19.5 Å². The molecule has 0 saturated heterocycles. The van der Waals surface area contributed by atoms with Crippen molar-refractivity contribution in [1.29, 1.82) is 0 Å². The molecule has 0 unspecified atom stereocenters. The van der Waals surface area contributed by atoms with Crippen LogP contribution in [0.1, 0.15) is 10.4 Å². The summed E-state index contributed by atoms with van der Waals surface area (Å²) in [5, 5.41) is 16.0. The number of ether oxygens (including phenoxy) is 3. The third kappa shape index (κ3) is 4.57. The van der Waals surface area contributed by atoms with E-state index >= 15 is 0 Å². The summed E-state index contributed by atoms with van der Waals surface area (Å²) in [6.07, 6.45) is 0. The highest BCUT2D eigenvalue weighted by Gasteiger charge is 2.13. The number of fused-ring (bicyclic) bond motifs is 1. The molecule has 1 N–H and O–H groups in total. The maximum absolute atomic E-state index is 12.4. The van der Waals surface area contributed by atoms with Gasteiger partial charge in [0.2, 0.25) is 5.88 Å². The van der Waals surface area contributed by atoms with Crippen LogP contribution in [0.4, 0.5) is 0 Å². The molecule has 164 valence electrons. The van der Waals surface area contributed by atoms with E-state index in [9.17, 15) is 4.79 Å². The van der Waals surface area contributed by atoms with Gasteiger partial charge >= 0.3 is 0 Å². The summed E-state index contributed by atoms with van der Waals surface area (Å²) >= 11 is 5.98. The monoisotopic (exact) mass is 453 g/mol. The van der Waals surface area contributed by atoms with E-state index in [0.717, 1.165) is 5.56 Å². The Bertz CT molecular complexity index is 1260. The fourth-order valence-corrected chi connectivity index (χ4v) is 3.24. The number of methoxy groups -OCH3 is 2. The number of halogens is 1. The van der Waals surface area contributed by atoms with Gasteiger partial charge in [-0.1, -0.05) is 23.7 Å². The van der Waals surface area contributed by atoms with Gasteiger partial charge < -0.3 is 19.5 Å². The highest BCUT2D eigenvalue weighted by Crippen LogP contribution is 2.24. The summed E-state index contributed by atoms with van der Waals surface area (Å²) in [5.41, 5.74) is 1.74. The Balaban J connectivity index is 1.42. The van der Waals surface area contributed by atoms with Crippen LogP contribution in [0.2, 0.25) is 5.02 Å². The lowest BCUT2D eigenvalue weighted by molar-refractivity contribution is 0.0943. The van der Waals surface area contributed by atoms with Crippen LogP contribution in [0.25, 0.3) is 17.0 Å². The lowest BCUT2D eigenvalue weighted by Crippen LogP contribution is -2.28. The Kier molecular flexibility index (Phi) is 6.37. The fraction of sp³-hybridized carbons (Fsp3) is 0.182. The van der Waals surface area contributed by atoms with Gasteiger partial charge in [0.05, 0.1) is 26.3 Å². The molecular weight excluding hydrogens is 434 g/mol. The zero-order chi connectivity index (χ0) is 22.5. The minimum absolute atomic E-state index is 0.212. The van der Waals surface area contributed by atoms with E-state index in [2.05, 4.69) is 20.6 Å². The first-order chi connectivity index (χ1) is 15.6. The molecule has 4 aromatic rings. The Morgan fingerprint density at radius 3 is 2.75 bits per heavy atom. The summed E-state index contributed by atoms with van der Waals surface area (Å²) in [5.74, 6) is 1.77. The zero-order valence-corrected chi connectivity index (χ0v) is 18.2. The number of carbonyl (C=O) groups is 1. The average Bonchev–Trinajstić information content (AvgIpc) is 3.25. The van der Waals surface area contributed by atoms with Crippen molar-refractivity contribution in [2.24, 2.45) is 0 Å². The molecule has 0 aliphatic carbocycles. The third-order valence-corrected chi connectivity index (χ3v) is 4.85. The van der Waals surface area contributed by atoms with Gasteiger partial charge in [-0.2, -0.15) is 4.52 Å². The van der Waals surface area contributed by atoms with Gasteiger partial charge in [-0.3, -0.25) is 4.79 Å². The zero-order valence-electron chi connectivity index (χ0n) is 17.4. The molecule has 2 heterocycles. The standard InChI is InChI=1S/C22H20ClN5O4/c1-30-16-5-3-4-14(12-16)21-26-25-19-8-9-20(27-28(19)21)32-11-10-24-22(29)17-13-15(23)6-7-18(17)31-2/h3-9,12-13H,10-11H2,1-2H3,(H,24,29). The van der Waals surface area contributed by atoms with Crippen LogP contribution in [0.3, 0.4) is 0 Å². The van der Waals surface area contributed by atoms with Gasteiger partial charge in [0.1, 0.15) is 18.1 Å². The molecule has 0 atom stereocenters. The number of nitrogens with zero attached hydrogens (tertiary/aromatic N) is 4. The van der Waals surface area contributed by atoms with Crippen LogP contribution in [-0.4, -0.2) is 53.1 Å². The molecule has 1 amide bonds. The second-order valence-corrected chi connectivity index (χ2v) is 7.08. The van der Waals surface area contributed by atoms with E-state index < -0.39 is 0 Å². The highest BCUT2D eigenvalue weighted by atomic mass is 35.5. The predicted molar refractivity (Wildman–Crippen MR) is 119 cm³/mol. The van der Waals surface area contributed by atoms with Gasteiger partial charge in [0.15, 0.2) is 11.5 Å². The average molecular weight is 454 g/mol. The Hall–Kier alpha value is -3.85. The Morgan fingerprint density at radius 1 is 1.06 bits per heavy atom. The van der Waals surface area contributed by atoms with Crippen molar-refractivity contribution in [3.63, 3.8) is 0 Å². The number of rotatable bonds is 8. The molecule has 0 spiro atoms. The number of hydrogen-bond acceptors (Lipinski definition) is 7. The molecule has 32 heavy (non-hydrogen) atoms. The number of nitrogens with one attached hydrogen (secondary N) is 1. The van der Waals surface area contributed by atoms with Crippen LogP contribution in [0.15, 0.2) is 54.6 Å². The van der Waals surface area contributed by atoms with Crippen molar-refractivity contribution in [3.05, 3.63) is 65.2 Å². The maximum Gasteiger partial charge on any atom is 0.255 e. The first-order valence-electron chi connectivity index (χ1n) is 9.70. The van der Waals surface area contributed by atoms with Gasteiger partial charge in [0, 0.05) is 16.7 Å². The number of benzene rings is 2. The Morgan fingerprint density at radius 2 is 1.94 bits per heavy atom. The number of amides is 1. The quantitative estimate of drug-likeness (QED) is 0.409. The topological polar surface area (TPSA) is 99.9 Å². The predicted octanol–water partition coefficient (Wildman–Crippen LogP) is 3.27. The lowest BCUT2D eigenvalue weighted by atomic mass is 10.2. The first-order valence-corrected chi connectivity index (χ1v) is 10.1. The van der Waals surface area contributed by atoms with Crippen molar-refractivity contribution < 1.29 is 19.0 Å². The highest BCUT2D eigenvalue weighted by molar-refractivity contribution is 6.31. The number of carbonyl (C=O) groups excluding carboxylic acids is 1. The summed E-state index contributed by atoms with van der Waals surface area (Å²) in [4.78, 5) is 12.4. The van der Waals surface area contributed by atoms with Crippen molar-refractivity contribution in [2.45, 2.75) is 0 Å². The van der Waals surface area contributed by atoms with Crippen molar-refractivity contribution >= 4 is 23.2 Å². The summed E-state index contributed by atoms with van der Waals surface area (Å²) in [6.45, 7) is 0.475. The molecule has 10 heteroatoms. The molecule has 2 aromatic carbocycles. The maximum atomic E-state index is 12.4. The van der Waals surface area contributed by atoms with E-state index in [0.29, 0.717) is 39.4 Å². The van der Waals surface area contributed by atoms with Crippen LogP contribution in [0.5, 0.6) is 17.4 Å². The number of aromatic nitrogens is 4. The second kappa shape index (κ2) is 9.52. The largest absolute Gasteiger partial charge is 0.497 e. The second-order valence-electron chi connectivity index (χ2n) is 6.65. The molecule has 2 aromatic heterocycles. The van der Waals surface area contributed by atoms with Gasteiger partial charge in [-0.25, -0.2) is 0 Å². The summed E-state index contributed by atoms with van der Waals surface area (Å²) in [6, 6.07) is 15.8. The normalized spacial score (nSPS) is 10.7. The molecule has 0 fully saturated rings. The van der Waals surface area contributed by atoms with Crippen molar-refractivity contribution in [3.8, 4) is 28.8 Å². The molecular formula is C22H20ClN5O4. The van der Waals surface area contributed by atoms with Gasteiger partial charge in [-0.15, -0.1) is 15.3 Å². The van der Waals surface area contributed by atoms with E-state index in [1.165, 1.54) is 7.11 Å². The van der Waals surface area contributed by atoms with E-state index in [1.807, 2.05) is 24.3 Å². The van der Waals surface area contributed by atoms with Gasteiger partial charge in [0.25, 0.3) is 5.91 Å². The molecule has 0 bridgehead atoms. The smallest absolute Gasteiger partial charge is 0.255 e. The first kappa shape index (κ1) is 21.4. The van der Waals surface area contributed by atoms with E-state index in [-0.39, 0.29) is 19.1 Å². The molecule has 4 rings (SSSR count). The van der Waals surface area contributed by atoms with E-state index in [4.69, 9.17) is 25.8 Å². The van der Waals surface area contributed by atoms with Gasteiger partial charge in [-0.05, 0) is 36.4 Å². The molecule has 0 aliphatic rings. The minimum atomic E-state index is -0.310. The van der Waals surface area contributed by atoms with Crippen molar-refractivity contribution in [1.82, 2.24) is 25.1 Å². The molecule has 9 nitrogen and oxygen atoms in total. The minimum Gasteiger partial charge on any atom is -0.497 e. The molecule has 0 saturated carbocycles.